The number of rotatable bonds is 27. The second kappa shape index (κ2) is 24.7. The number of hydrogen-bond acceptors (Lipinski definition) is 10. The number of fused-ring (bicyclic) bond motifs is 1. The number of carbonyl (C=O) groups excluding carboxylic acids is 2. The highest BCUT2D eigenvalue weighted by atomic mass is 32.2. The Balaban J connectivity index is 1.06. The normalized spacial score (nSPS) is 18.0. The van der Waals surface area contributed by atoms with Gasteiger partial charge in [-0.05, 0) is 94.3 Å². The minimum absolute atomic E-state index is 0.00232. The molecule has 0 spiro atoms. The highest BCUT2D eigenvalue weighted by Gasteiger charge is 2.49. The molecule has 2 aliphatic heterocycles. The van der Waals surface area contributed by atoms with E-state index in [2.05, 4.69) is 61.2 Å². The van der Waals surface area contributed by atoms with Crippen LogP contribution in [0.3, 0.4) is 0 Å². The van der Waals surface area contributed by atoms with Crippen molar-refractivity contribution in [2.75, 3.05) is 46.5 Å². The number of nitriles is 1. The summed E-state index contributed by atoms with van der Waals surface area (Å²) in [6, 6.07) is 28.5. The van der Waals surface area contributed by atoms with Crippen LogP contribution in [0.25, 0.3) is 0 Å². The van der Waals surface area contributed by atoms with Crippen LogP contribution in [0.4, 0.5) is 4.79 Å². The number of hydrogen-bond donors (Lipinski definition) is 2. The smallest absolute Gasteiger partial charge is 0.319 e. The Morgan fingerprint density at radius 2 is 1.48 bits per heavy atom. The van der Waals surface area contributed by atoms with Gasteiger partial charge in [0.2, 0.25) is 5.91 Å². The Morgan fingerprint density at radius 1 is 0.869 bits per heavy atom. The van der Waals surface area contributed by atoms with Crippen molar-refractivity contribution in [2.24, 2.45) is 0 Å². The number of benzene rings is 3. The van der Waals surface area contributed by atoms with Crippen LogP contribution < -0.4 is 20.1 Å². The Bertz CT molecular complexity index is 1760. The molecule has 0 aromatic heterocycles. The molecule has 3 aromatic carbocycles. The van der Waals surface area contributed by atoms with Crippen LogP contribution in [-0.2, 0) is 24.2 Å². The first kappa shape index (κ1) is 48.1. The van der Waals surface area contributed by atoms with Crippen molar-refractivity contribution in [3.05, 3.63) is 95.6 Å². The number of unbranched alkanes of at least 4 members (excludes halogenated alkanes) is 4. The number of ether oxygens (including phenoxy) is 3. The molecule has 1 unspecified atom stereocenters. The van der Waals surface area contributed by atoms with E-state index >= 15 is 0 Å². The molecule has 2 fully saturated rings. The molecule has 5 rings (SSSR count). The Morgan fingerprint density at radius 3 is 2.08 bits per heavy atom. The van der Waals surface area contributed by atoms with Crippen molar-refractivity contribution in [3.63, 3.8) is 0 Å². The van der Waals surface area contributed by atoms with Crippen molar-refractivity contribution in [2.45, 2.75) is 121 Å². The molecule has 12 nitrogen and oxygen atoms in total. The molecular formula is C47H66N5O7PS. The minimum Gasteiger partial charge on any atom is -0.497 e. The predicted molar refractivity (Wildman–Crippen MR) is 244 cm³/mol. The Labute approximate surface area is 369 Å². The average Bonchev–Trinajstić information content (AvgIpc) is 3.81. The third kappa shape index (κ3) is 13.1. The second-order valence-electron chi connectivity index (χ2n) is 16.1. The standard InChI is InChI=1S/C47H66N5O7PS/c1-35(2)52(36(3)4)60(59-32-16-29-48)58-31-15-8-7-14-30-49-44(53)20-13-12-19-43-45-42(33-61-43)51(46(54)50-45)34-57-47(37-17-10-9-11-18-37,38-21-25-40(55-5)26-22-38)39-23-27-41(56-6)28-24-39/h9-11,17-18,21-28,35-36,42-43,45H,7-8,12-16,19-20,30-34H2,1-6H3,(H,49,53)(H,50,54)/t42-,43+,45+,60?/m0/s1. The van der Waals surface area contributed by atoms with E-state index in [0.717, 1.165) is 78.9 Å². The van der Waals surface area contributed by atoms with Crippen molar-refractivity contribution >= 4 is 32.2 Å². The summed E-state index contributed by atoms with van der Waals surface area (Å²) in [5, 5.41) is 15.6. The zero-order valence-corrected chi connectivity index (χ0v) is 38.6. The monoisotopic (exact) mass is 875 g/mol. The largest absolute Gasteiger partial charge is 0.497 e. The van der Waals surface area contributed by atoms with Gasteiger partial charge in [0.25, 0.3) is 8.53 Å². The van der Waals surface area contributed by atoms with E-state index in [-0.39, 0.29) is 48.1 Å². The lowest BCUT2D eigenvalue weighted by Gasteiger charge is -2.37. The molecule has 61 heavy (non-hydrogen) atoms. The van der Waals surface area contributed by atoms with E-state index in [1.807, 2.05) is 83.4 Å². The molecular weight excluding hydrogens is 810 g/mol. The predicted octanol–water partition coefficient (Wildman–Crippen LogP) is 9.38. The zero-order chi connectivity index (χ0) is 43.6. The minimum atomic E-state index is -1.21. The van der Waals surface area contributed by atoms with Gasteiger partial charge in [-0.2, -0.15) is 17.0 Å². The van der Waals surface area contributed by atoms with Gasteiger partial charge in [-0.3, -0.25) is 9.69 Å². The lowest BCUT2D eigenvalue weighted by molar-refractivity contribution is -0.121. The third-order valence-corrected chi connectivity index (χ3v) is 14.8. The van der Waals surface area contributed by atoms with Crippen molar-refractivity contribution in [1.29, 1.82) is 5.26 Å². The number of methoxy groups -OCH3 is 2. The molecule has 332 valence electrons. The molecule has 0 radical (unpaired) electrons. The molecule has 3 aromatic rings. The molecule has 2 aliphatic rings. The van der Waals surface area contributed by atoms with Crippen LogP contribution in [-0.4, -0.2) is 97.4 Å². The van der Waals surface area contributed by atoms with Gasteiger partial charge in [0.05, 0.1) is 52.0 Å². The van der Waals surface area contributed by atoms with Crippen LogP contribution in [0.2, 0.25) is 0 Å². The summed E-state index contributed by atoms with van der Waals surface area (Å²) in [5.74, 6) is 2.40. The van der Waals surface area contributed by atoms with E-state index in [1.165, 1.54) is 0 Å². The first-order valence-corrected chi connectivity index (χ1v) is 24.0. The number of thioether (sulfide) groups is 1. The summed E-state index contributed by atoms with van der Waals surface area (Å²) < 4.78 is 32.5. The number of nitrogens with zero attached hydrogens (tertiary/aromatic N) is 3. The molecule has 0 aliphatic carbocycles. The molecule has 4 atom stereocenters. The molecule has 2 saturated heterocycles. The number of carbonyl (C=O) groups is 2. The average molecular weight is 876 g/mol. The quantitative estimate of drug-likeness (QED) is 0.0330. The zero-order valence-electron chi connectivity index (χ0n) is 36.8. The number of urea groups is 1. The summed E-state index contributed by atoms with van der Waals surface area (Å²) in [6.45, 7) is 10.3. The van der Waals surface area contributed by atoms with Crippen molar-refractivity contribution in [1.82, 2.24) is 20.2 Å². The summed E-state index contributed by atoms with van der Waals surface area (Å²) in [5.41, 5.74) is 1.74. The Hall–Kier alpha value is -3.89. The maximum absolute atomic E-state index is 13.6. The lowest BCUT2D eigenvalue weighted by atomic mass is 9.80. The van der Waals surface area contributed by atoms with Gasteiger partial charge >= 0.3 is 6.03 Å². The van der Waals surface area contributed by atoms with E-state index in [4.69, 9.17) is 28.5 Å². The SMILES string of the molecule is COc1ccc(C(OCN2C(=O)N[C@H]3[C@@H](CCCCC(=O)NCCCCCCOP(OCCC#N)N(C(C)C)C(C)C)SC[C@@H]32)(c2ccccc2)c2ccc(OC)cc2)cc1. The van der Waals surface area contributed by atoms with Crippen molar-refractivity contribution in [3.8, 4) is 17.6 Å². The summed E-state index contributed by atoms with van der Waals surface area (Å²) in [6.07, 6.45) is 7.39. The van der Waals surface area contributed by atoms with Gasteiger partial charge in [0.1, 0.15) is 23.8 Å². The van der Waals surface area contributed by atoms with Gasteiger partial charge in [-0.25, -0.2) is 9.46 Å². The molecule has 2 heterocycles. The van der Waals surface area contributed by atoms with E-state index < -0.39 is 14.1 Å². The fourth-order valence-corrected chi connectivity index (χ4v) is 11.4. The van der Waals surface area contributed by atoms with Crippen LogP contribution in [0.5, 0.6) is 11.5 Å². The van der Waals surface area contributed by atoms with Crippen LogP contribution in [0, 0.1) is 11.3 Å². The lowest BCUT2D eigenvalue weighted by Crippen LogP contribution is -2.43. The van der Waals surface area contributed by atoms with Crippen LogP contribution in [0.15, 0.2) is 78.9 Å². The highest BCUT2D eigenvalue weighted by molar-refractivity contribution is 8.00. The summed E-state index contributed by atoms with van der Waals surface area (Å²) in [7, 11) is 2.09. The number of amides is 3. The van der Waals surface area contributed by atoms with Crippen LogP contribution in [0.1, 0.15) is 102 Å². The molecule has 2 N–H and O–H groups in total. The molecule has 3 amide bonds. The van der Waals surface area contributed by atoms with Gasteiger partial charge in [0, 0.05) is 36.1 Å². The molecule has 0 bridgehead atoms. The summed E-state index contributed by atoms with van der Waals surface area (Å²) in [4.78, 5) is 28.1. The fraction of sp³-hybridized carbons (Fsp3) is 0.553. The van der Waals surface area contributed by atoms with Gasteiger partial charge in [0.15, 0.2) is 0 Å². The Kier molecular flexibility index (Phi) is 19.5. The second-order valence-corrected chi connectivity index (χ2v) is 18.8. The molecule has 14 heteroatoms. The number of nitrogens with one attached hydrogen (secondary N) is 2. The maximum atomic E-state index is 13.6. The van der Waals surface area contributed by atoms with E-state index in [1.54, 1.807) is 14.2 Å². The van der Waals surface area contributed by atoms with Crippen molar-refractivity contribution < 1.29 is 32.8 Å². The van der Waals surface area contributed by atoms with Gasteiger partial charge < -0.3 is 33.9 Å². The first-order valence-electron chi connectivity index (χ1n) is 21.8. The van der Waals surface area contributed by atoms with Crippen LogP contribution >= 0.6 is 20.3 Å². The topological polar surface area (TPSA) is 135 Å². The van der Waals surface area contributed by atoms with Gasteiger partial charge in [-0.1, -0.05) is 73.9 Å². The fourth-order valence-electron chi connectivity index (χ4n) is 8.17. The maximum Gasteiger partial charge on any atom is 0.319 e. The third-order valence-electron chi connectivity index (χ3n) is 11.2. The summed E-state index contributed by atoms with van der Waals surface area (Å²) >= 11 is 1.89. The van der Waals surface area contributed by atoms with E-state index in [0.29, 0.717) is 32.6 Å². The highest BCUT2D eigenvalue weighted by Crippen LogP contribution is 2.46. The van der Waals surface area contributed by atoms with E-state index in [9.17, 15) is 9.59 Å². The molecule has 0 saturated carbocycles. The van der Waals surface area contributed by atoms with Gasteiger partial charge in [-0.15, -0.1) is 0 Å². The first-order chi connectivity index (χ1) is 29.6.